The normalized spacial score (nSPS) is 39.4. The average molecular weight is 143 g/mol. The molecule has 0 bridgehead atoms. The zero-order chi connectivity index (χ0) is 5.33. The zero-order valence-corrected chi connectivity index (χ0v) is 6.95. The first-order valence-corrected chi connectivity index (χ1v) is 4.09. The van der Waals surface area contributed by atoms with Crippen LogP contribution in [-0.4, -0.2) is 8.71 Å². The first kappa shape index (κ1) is 5.91. The molecule has 1 aliphatic rings. The van der Waals surface area contributed by atoms with Gasteiger partial charge in [0.25, 0.3) is 0 Å². The van der Waals surface area contributed by atoms with E-state index in [-0.39, 0.29) is 1.43 Å². The first-order valence-electron chi connectivity index (χ1n) is 2.23. The van der Waals surface area contributed by atoms with Crippen molar-refractivity contribution in [3.05, 3.63) is 12.2 Å². The van der Waals surface area contributed by atoms with Crippen LogP contribution in [0.5, 0.6) is 0 Å². The fourth-order valence-corrected chi connectivity index (χ4v) is 1.73. The topological polar surface area (TPSA) is 0 Å². The molecule has 1 heterocycles. The summed E-state index contributed by atoms with van der Waals surface area (Å²) in [6, 6.07) is 0. The van der Waals surface area contributed by atoms with Crippen molar-refractivity contribution in [3.8, 4) is 0 Å². The van der Waals surface area contributed by atoms with E-state index in [0.29, 0.717) is 2.91 Å². The van der Waals surface area contributed by atoms with Gasteiger partial charge in [-0.1, -0.05) is 0 Å². The van der Waals surface area contributed by atoms with E-state index in [4.69, 9.17) is 0 Å². The van der Waals surface area contributed by atoms with Gasteiger partial charge in [0, 0.05) is 0 Å². The third-order valence-corrected chi connectivity index (χ3v) is 2.90. The molecule has 0 fully saturated rings. The van der Waals surface area contributed by atoms with Crippen molar-refractivity contribution < 1.29 is 25.8 Å². The largest absolute Gasteiger partial charge is 1.00 e. The summed E-state index contributed by atoms with van der Waals surface area (Å²) in [7, 11) is 1.46. The fraction of sp³-hybridized carbons (Fsp3) is 0.400. The Morgan fingerprint density at radius 3 is 2.71 bits per heavy atom. The van der Waals surface area contributed by atoms with Crippen LogP contribution in [0, 0.1) is 0 Å². The first-order chi connectivity index (χ1) is 3.21. The third-order valence-electron chi connectivity index (χ3n) is 0.872. The minimum absolute atomic E-state index is 0. The number of rotatable bonds is 0. The smallest absolute Gasteiger partial charge is 1.00 e. The average Bonchev–Trinajstić information content (AvgIpc) is 1.84. The van der Waals surface area contributed by atoms with Crippen molar-refractivity contribution in [3.63, 3.8) is 0 Å². The van der Waals surface area contributed by atoms with E-state index >= 15 is 0 Å². The molecule has 1 rings (SSSR count). The molecule has 1 aliphatic heterocycles. The molecule has 0 amide bonds. The molecule has 2 heteroatoms. The van der Waals surface area contributed by atoms with E-state index in [9.17, 15) is 0 Å². The van der Waals surface area contributed by atoms with Crippen LogP contribution in [0.2, 0.25) is 0 Å². The van der Waals surface area contributed by atoms with Crippen LogP contribution >= 0.6 is 8.20 Å². The van der Waals surface area contributed by atoms with Crippen LogP contribution in [0.25, 0.3) is 0 Å². The maximum atomic E-state index is 2.26. The monoisotopic (exact) mass is 143 g/mol. The summed E-state index contributed by atoms with van der Waals surface area (Å²) in [6.07, 6.45) is 4.40. The Morgan fingerprint density at radius 2 is 2.57 bits per heavy atom. The van der Waals surface area contributed by atoms with E-state index in [2.05, 4.69) is 24.9 Å². The molecule has 0 radical (unpaired) electrons. The molecule has 7 heavy (non-hydrogen) atoms. The van der Waals surface area contributed by atoms with Crippen LogP contribution in [0.3, 0.4) is 0 Å². The van der Waals surface area contributed by atoms with Gasteiger partial charge in [-0.3, -0.25) is 0 Å². The molecule has 0 aromatic heterocycles. The van der Waals surface area contributed by atoms with Gasteiger partial charge in [0.1, 0.15) is 0 Å². The van der Waals surface area contributed by atoms with Crippen molar-refractivity contribution in [2.24, 2.45) is 0 Å². The Labute approximate surface area is 61.9 Å². The van der Waals surface area contributed by atoms with Gasteiger partial charge in [-0.05, 0) is 0 Å². The van der Waals surface area contributed by atoms with Gasteiger partial charge in [0.2, 0.25) is 0 Å². The minimum atomic E-state index is 0. The predicted molar refractivity (Wildman–Crippen MR) is 31.6 cm³/mol. The Kier molecular flexibility index (Phi) is 1.65. The molecule has 1 atom stereocenters. The van der Waals surface area contributed by atoms with Gasteiger partial charge in [-0.25, -0.2) is 0 Å². The molecule has 0 aromatic rings. The van der Waals surface area contributed by atoms with Crippen molar-refractivity contribution in [2.75, 3.05) is 0 Å². The van der Waals surface area contributed by atoms with Gasteiger partial charge < -0.3 is 1.43 Å². The minimum Gasteiger partial charge on any atom is -1.00 e. The van der Waals surface area contributed by atoms with Crippen LogP contribution < -0.4 is 0 Å². The summed E-state index contributed by atoms with van der Waals surface area (Å²) in [6.45, 7) is 2.26. The molecule has 0 saturated carbocycles. The molecule has 0 spiro atoms. The summed E-state index contributed by atoms with van der Waals surface area (Å²) < 4.78 is 0.493. The second kappa shape index (κ2) is 1.95. The van der Waals surface area contributed by atoms with Crippen molar-refractivity contribution >= 4 is 14.0 Å². The molecule has 0 N–H and O–H groups in total. The number of hydrogen-bond acceptors (Lipinski definition) is 0. The summed E-state index contributed by atoms with van der Waals surface area (Å²) >= 11 is 1.80. The molecule has 1 unspecified atom stereocenters. The zero-order valence-electron chi connectivity index (χ0n) is 5.26. The van der Waals surface area contributed by atoms with Gasteiger partial charge in [0.15, 0.2) is 0 Å². The van der Waals surface area contributed by atoms with Crippen molar-refractivity contribution in [2.45, 2.75) is 9.84 Å². The van der Waals surface area contributed by atoms with Crippen molar-refractivity contribution in [1.29, 1.82) is 0 Å². The van der Waals surface area contributed by atoms with Crippen LogP contribution in [0.15, 0.2) is 12.2 Å². The van der Waals surface area contributed by atoms with Crippen LogP contribution in [0.4, 0.5) is 0 Å². The molecule has 0 nitrogen and oxygen atoms in total. The standard InChI is InChI=1S/C5H6P.Sc.H/c1-5-3-2-4-6-5;;/h2-4H,1H3;;/q;;-1. The maximum Gasteiger partial charge on any atom is -1.00 e. The van der Waals surface area contributed by atoms with Gasteiger partial charge in [0.05, 0.1) is 0 Å². The van der Waals surface area contributed by atoms with Crippen LogP contribution in [0.1, 0.15) is 8.35 Å². The molecule has 0 aliphatic carbocycles. The Balaban J connectivity index is 0.000000490. The van der Waals surface area contributed by atoms with Gasteiger partial charge in [-0.2, -0.15) is 0 Å². The fourth-order valence-electron chi connectivity index (χ4n) is 0.485. The van der Waals surface area contributed by atoms with E-state index in [0.717, 1.165) is 0 Å². The second-order valence-electron chi connectivity index (χ2n) is 1.86. The summed E-state index contributed by atoms with van der Waals surface area (Å²) in [4.78, 5) is 0. The summed E-state index contributed by atoms with van der Waals surface area (Å²) in [5, 5.41) is 0. The van der Waals surface area contributed by atoms with Crippen LogP contribution in [-0.2, 0) is 24.4 Å². The quantitative estimate of drug-likeness (QED) is 0.452. The number of allylic oxidation sites excluding steroid dienone is 2. The predicted octanol–water partition coefficient (Wildman–Crippen LogP) is 1.68. The van der Waals surface area contributed by atoms with E-state index in [1.807, 2.05) is 0 Å². The SMILES string of the molecule is C[C]1([Sc])C=CC=P1.[H-]. The van der Waals surface area contributed by atoms with E-state index in [1.54, 1.807) is 24.4 Å². The maximum absolute atomic E-state index is 2.26. The Bertz CT molecular complexity index is 114. The third kappa shape index (κ3) is 1.62. The molecule has 36 valence electrons. The number of hydrogen-bond donors (Lipinski definition) is 0. The molecule has 0 aromatic carbocycles. The summed E-state index contributed by atoms with van der Waals surface area (Å²) in [5.41, 5.74) is 0. The van der Waals surface area contributed by atoms with Gasteiger partial charge in [-0.15, -0.1) is 0 Å². The van der Waals surface area contributed by atoms with Crippen molar-refractivity contribution in [1.82, 2.24) is 0 Å². The Morgan fingerprint density at radius 1 is 1.86 bits per heavy atom. The van der Waals surface area contributed by atoms with E-state index in [1.165, 1.54) is 8.20 Å². The molecular formula is C5H7PSc-. The summed E-state index contributed by atoms with van der Waals surface area (Å²) in [5.74, 6) is 2.20. The van der Waals surface area contributed by atoms with Gasteiger partial charge >= 0.3 is 60.4 Å². The molecular weight excluding hydrogens is 136 g/mol. The second-order valence-corrected chi connectivity index (χ2v) is 6.01. The Hall–Kier alpha value is 0.780. The van der Waals surface area contributed by atoms with E-state index < -0.39 is 0 Å². The molecule has 0 saturated heterocycles.